The standard InChI is InChI=1S/C17H17N5O2S/c23-15(9-14-10-22-7-8-25-17(22)21-14)18-11-1-3-12(4-2-11)19-16(24)20-13-5-6-13/h1-4,7-8,10,13H,5-6,9H2,(H,18,23)(H2,19,20,24). The Morgan fingerprint density at radius 2 is 1.88 bits per heavy atom. The summed E-state index contributed by atoms with van der Waals surface area (Å²) in [6, 6.07) is 7.16. The molecule has 2 aromatic heterocycles. The van der Waals surface area contributed by atoms with Gasteiger partial charge in [0.05, 0.1) is 12.1 Å². The molecule has 3 amide bonds. The summed E-state index contributed by atoms with van der Waals surface area (Å²) in [5, 5.41) is 10.4. The molecule has 7 nitrogen and oxygen atoms in total. The number of carbonyl (C=O) groups excluding carboxylic acids is 2. The lowest BCUT2D eigenvalue weighted by Crippen LogP contribution is -2.30. The minimum absolute atomic E-state index is 0.127. The highest BCUT2D eigenvalue weighted by atomic mass is 32.1. The third-order valence-electron chi connectivity index (χ3n) is 3.82. The second kappa shape index (κ2) is 6.56. The van der Waals surface area contributed by atoms with Gasteiger partial charge in [0.25, 0.3) is 0 Å². The fraction of sp³-hybridized carbons (Fsp3) is 0.235. The Bertz CT molecular complexity index is 882. The maximum absolute atomic E-state index is 12.1. The molecule has 1 aromatic carbocycles. The predicted molar refractivity (Wildman–Crippen MR) is 97.0 cm³/mol. The molecule has 3 aromatic rings. The van der Waals surface area contributed by atoms with Crippen LogP contribution in [0.15, 0.2) is 42.0 Å². The predicted octanol–water partition coefficient (Wildman–Crippen LogP) is 2.86. The molecule has 25 heavy (non-hydrogen) atoms. The number of nitrogens with one attached hydrogen (secondary N) is 3. The quantitative estimate of drug-likeness (QED) is 0.658. The molecule has 1 saturated carbocycles. The number of hydrogen-bond acceptors (Lipinski definition) is 4. The molecule has 1 fully saturated rings. The molecule has 0 saturated heterocycles. The van der Waals surface area contributed by atoms with Crippen molar-refractivity contribution in [3.05, 3.63) is 47.7 Å². The van der Waals surface area contributed by atoms with Gasteiger partial charge in [-0.05, 0) is 37.1 Å². The number of anilines is 2. The van der Waals surface area contributed by atoms with Crippen LogP contribution >= 0.6 is 11.3 Å². The molecule has 0 radical (unpaired) electrons. The number of urea groups is 1. The summed E-state index contributed by atoms with van der Waals surface area (Å²) < 4.78 is 1.90. The van der Waals surface area contributed by atoms with Crippen molar-refractivity contribution < 1.29 is 9.59 Å². The number of rotatable bonds is 5. The first kappa shape index (κ1) is 15.6. The summed E-state index contributed by atoms with van der Waals surface area (Å²) in [5.41, 5.74) is 2.10. The molecule has 3 N–H and O–H groups in total. The van der Waals surface area contributed by atoms with Gasteiger partial charge in [0.2, 0.25) is 5.91 Å². The van der Waals surface area contributed by atoms with E-state index in [4.69, 9.17) is 0 Å². The molecule has 4 rings (SSSR count). The van der Waals surface area contributed by atoms with Crippen LogP contribution in [0.5, 0.6) is 0 Å². The van der Waals surface area contributed by atoms with Crippen LogP contribution in [-0.4, -0.2) is 27.4 Å². The van der Waals surface area contributed by atoms with Crippen molar-refractivity contribution in [2.24, 2.45) is 0 Å². The molecule has 1 aliphatic rings. The molecule has 0 bridgehead atoms. The van der Waals surface area contributed by atoms with Gasteiger partial charge in [0, 0.05) is 35.2 Å². The Morgan fingerprint density at radius 1 is 1.16 bits per heavy atom. The van der Waals surface area contributed by atoms with Crippen LogP contribution in [0.25, 0.3) is 4.96 Å². The number of benzene rings is 1. The highest BCUT2D eigenvalue weighted by Crippen LogP contribution is 2.19. The first-order valence-electron chi connectivity index (χ1n) is 8.04. The Morgan fingerprint density at radius 3 is 2.56 bits per heavy atom. The van der Waals surface area contributed by atoms with Crippen LogP contribution in [0.2, 0.25) is 0 Å². The highest BCUT2D eigenvalue weighted by Gasteiger charge is 2.23. The summed E-state index contributed by atoms with van der Waals surface area (Å²) in [5.74, 6) is -0.127. The van der Waals surface area contributed by atoms with E-state index in [0.717, 1.165) is 23.5 Å². The van der Waals surface area contributed by atoms with Crippen molar-refractivity contribution in [2.75, 3.05) is 10.6 Å². The Kier molecular flexibility index (Phi) is 4.10. The lowest BCUT2D eigenvalue weighted by atomic mass is 10.2. The van der Waals surface area contributed by atoms with Crippen molar-refractivity contribution in [3.8, 4) is 0 Å². The number of hydrogen-bond donors (Lipinski definition) is 3. The zero-order valence-corrected chi connectivity index (χ0v) is 14.2. The zero-order valence-electron chi connectivity index (χ0n) is 13.4. The molecule has 0 aliphatic heterocycles. The Labute approximate surface area is 148 Å². The molecule has 0 unspecified atom stereocenters. The van der Waals surface area contributed by atoms with E-state index in [9.17, 15) is 9.59 Å². The normalized spacial score (nSPS) is 13.6. The molecule has 0 atom stereocenters. The first-order chi connectivity index (χ1) is 12.2. The number of fused-ring (bicyclic) bond motifs is 1. The van der Waals surface area contributed by atoms with E-state index in [1.807, 2.05) is 22.2 Å². The van der Waals surface area contributed by atoms with Gasteiger partial charge in [0.1, 0.15) is 0 Å². The van der Waals surface area contributed by atoms with E-state index in [2.05, 4.69) is 20.9 Å². The molecular weight excluding hydrogens is 338 g/mol. The van der Waals surface area contributed by atoms with Crippen LogP contribution in [0.4, 0.5) is 16.2 Å². The molecular formula is C17H17N5O2S. The van der Waals surface area contributed by atoms with Crippen molar-refractivity contribution in [1.29, 1.82) is 0 Å². The van der Waals surface area contributed by atoms with Gasteiger partial charge in [-0.1, -0.05) is 0 Å². The maximum Gasteiger partial charge on any atom is 0.319 e. The lowest BCUT2D eigenvalue weighted by Gasteiger charge is -2.08. The summed E-state index contributed by atoms with van der Waals surface area (Å²) in [4.78, 5) is 29.1. The second-order valence-corrected chi connectivity index (χ2v) is 6.87. The fourth-order valence-electron chi connectivity index (χ4n) is 2.45. The Hall–Kier alpha value is -2.87. The van der Waals surface area contributed by atoms with Crippen molar-refractivity contribution in [2.45, 2.75) is 25.3 Å². The van der Waals surface area contributed by atoms with Crippen molar-refractivity contribution >= 4 is 39.6 Å². The molecule has 2 heterocycles. The molecule has 1 aliphatic carbocycles. The third-order valence-corrected chi connectivity index (χ3v) is 4.59. The topological polar surface area (TPSA) is 87.5 Å². The highest BCUT2D eigenvalue weighted by molar-refractivity contribution is 7.15. The van der Waals surface area contributed by atoms with E-state index in [1.165, 1.54) is 11.3 Å². The van der Waals surface area contributed by atoms with E-state index in [0.29, 0.717) is 17.4 Å². The van der Waals surface area contributed by atoms with E-state index >= 15 is 0 Å². The lowest BCUT2D eigenvalue weighted by molar-refractivity contribution is -0.115. The summed E-state index contributed by atoms with van der Waals surface area (Å²) in [6.45, 7) is 0. The summed E-state index contributed by atoms with van der Waals surface area (Å²) in [7, 11) is 0. The van der Waals surface area contributed by atoms with Gasteiger partial charge in [-0.15, -0.1) is 11.3 Å². The van der Waals surface area contributed by atoms with Crippen LogP contribution in [-0.2, 0) is 11.2 Å². The number of nitrogens with zero attached hydrogens (tertiary/aromatic N) is 2. The van der Waals surface area contributed by atoms with Gasteiger partial charge >= 0.3 is 6.03 Å². The third kappa shape index (κ3) is 3.97. The average molecular weight is 355 g/mol. The largest absolute Gasteiger partial charge is 0.335 e. The van der Waals surface area contributed by atoms with E-state index in [-0.39, 0.29) is 18.4 Å². The zero-order chi connectivity index (χ0) is 17.2. The monoisotopic (exact) mass is 355 g/mol. The fourth-order valence-corrected chi connectivity index (χ4v) is 3.17. The molecule has 8 heteroatoms. The number of carbonyl (C=O) groups is 2. The minimum Gasteiger partial charge on any atom is -0.335 e. The average Bonchev–Trinajstić information content (AvgIpc) is 3.13. The minimum atomic E-state index is -0.195. The number of thiazole rings is 1. The van der Waals surface area contributed by atoms with Gasteiger partial charge in [0.15, 0.2) is 4.96 Å². The molecule has 0 spiro atoms. The number of amides is 3. The van der Waals surface area contributed by atoms with E-state index in [1.54, 1.807) is 24.3 Å². The Balaban J connectivity index is 1.31. The second-order valence-electron chi connectivity index (χ2n) is 6.00. The SMILES string of the molecule is O=C(Cc1cn2ccsc2n1)Nc1ccc(NC(=O)NC2CC2)cc1. The molecule has 128 valence electrons. The van der Waals surface area contributed by atoms with Crippen LogP contribution in [0.1, 0.15) is 18.5 Å². The smallest absolute Gasteiger partial charge is 0.319 e. The van der Waals surface area contributed by atoms with Crippen molar-refractivity contribution in [3.63, 3.8) is 0 Å². The summed E-state index contributed by atoms with van der Waals surface area (Å²) >= 11 is 1.53. The van der Waals surface area contributed by atoms with Gasteiger partial charge in [-0.25, -0.2) is 9.78 Å². The number of imidazole rings is 1. The van der Waals surface area contributed by atoms with E-state index < -0.39 is 0 Å². The van der Waals surface area contributed by atoms with Crippen LogP contribution in [0.3, 0.4) is 0 Å². The van der Waals surface area contributed by atoms with Crippen LogP contribution in [0, 0.1) is 0 Å². The van der Waals surface area contributed by atoms with Crippen molar-refractivity contribution in [1.82, 2.24) is 14.7 Å². The van der Waals surface area contributed by atoms with Crippen LogP contribution < -0.4 is 16.0 Å². The van der Waals surface area contributed by atoms with Gasteiger partial charge in [-0.3, -0.25) is 9.20 Å². The number of aromatic nitrogens is 2. The first-order valence-corrected chi connectivity index (χ1v) is 8.92. The maximum atomic E-state index is 12.1. The summed E-state index contributed by atoms with van der Waals surface area (Å²) in [6.07, 6.45) is 6.09. The van der Waals surface area contributed by atoms with Gasteiger partial charge < -0.3 is 16.0 Å². The van der Waals surface area contributed by atoms with Gasteiger partial charge in [-0.2, -0.15) is 0 Å².